The second-order valence-electron chi connectivity index (χ2n) is 4.92. The van der Waals surface area contributed by atoms with Gasteiger partial charge in [0, 0.05) is 11.8 Å². The third kappa shape index (κ3) is 4.56. The van der Waals surface area contributed by atoms with Gasteiger partial charge >= 0.3 is 0 Å². The molecule has 5 heteroatoms. The average Bonchev–Trinajstić information content (AvgIpc) is 2.49. The second kappa shape index (κ2) is 7.56. The monoisotopic (exact) mass is 313 g/mol. The summed E-state index contributed by atoms with van der Waals surface area (Å²) < 4.78 is 5.16. The number of methoxy groups -OCH3 is 1. The molecule has 0 atom stereocenters. The number of hydrogen-bond donors (Lipinski definition) is 2. The molecule has 114 valence electrons. The summed E-state index contributed by atoms with van der Waals surface area (Å²) >= 11 is 5.21. The third-order valence-electron chi connectivity index (χ3n) is 3.12. The highest BCUT2D eigenvalue weighted by Gasteiger charge is 1.99. The van der Waals surface area contributed by atoms with Crippen molar-refractivity contribution in [3.63, 3.8) is 0 Å². The Hall–Kier alpha value is -2.40. The smallest absolute Gasteiger partial charge is 0.191 e. The topological polar surface area (TPSA) is 45.6 Å². The van der Waals surface area contributed by atoms with Crippen LogP contribution in [0.2, 0.25) is 0 Å². The number of rotatable bonds is 4. The van der Waals surface area contributed by atoms with E-state index in [9.17, 15) is 0 Å². The molecule has 0 radical (unpaired) electrons. The summed E-state index contributed by atoms with van der Waals surface area (Å²) in [7, 11) is 1.63. The fourth-order valence-electron chi connectivity index (χ4n) is 1.99. The van der Waals surface area contributed by atoms with Crippen LogP contribution < -0.4 is 15.5 Å². The van der Waals surface area contributed by atoms with E-state index in [-0.39, 0.29) is 0 Å². The van der Waals surface area contributed by atoms with Crippen LogP contribution in [0.3, 0.4) is 0 Å². The van der Waals surface area contributed by atoms with Crippen molar-refractivity contribution in [2.45, 2.75) is 13.8 Å². The molecule has 0 saturated carbocycles. The lowest BCUT2D eigenvalue weighted by molar-refractivity contribution is 0.415. The first-order valence-electron chi connectivity index (χ1n) is 6.90. The zero-order valence-electron chi connectivity index (χ0n) is 12.9. The molecule has 2 aromatic carbocycles. The van der Waals surface area contributed by atoms with Crippen LogP contribution in [0.15, 0.2) is 47.6 Å². The van der Waals surface area contributed by atoms with E-state index in [4.69, 9.17) is 17.0 Å². The lowest BCUT2D eigenvalue weighted by atomic mass is 10.1. The maximum Gasteiger partial charge on any atom is 0.191 e. The van der Waals surface area contributed by atoms with E-state index in [1.54, 1.807) is 13.3 Å². The third-order valence-corrected chi connectivity index (χ3v) is 3.32. The Morgan fingerprint density at radius 1 is 1.18 bits per heavy atom. The highest BCUT2D eigenvalue weighted by Crippen LogP contribution is 2.16. The van der Waals surface area contributed by atoms with E-state index in [2.05, 4.69) is 41.8 Å². The van der Waals surface area contributed by atoms with Gasteiger partial charge in [-0.25, -0.2) is 0 Å². The van der Waals surface area contributed by atoms with Gasteiger partial charge in [0.15, 0.2) is 5.11 Å². The molecule has 0 aliphatic rings. The van der Waals surface area contributed by atoms with E-state index >= 15 is 0 Å². The number of benzene rings is 2. The molecule has 2 aromatic rings. The molecule has 0 saturated heterocycles. The molecule has 0 aliphatic heterocycles. The van der Waals surface area contributed by atoms with Gasteiger partial charge in [0.2, 0.25) is 0 Å². The molecule has 0 aliphatic carbocycles. The number of anilines is 1. The zero-order valence-corrected chi connectivity index (χ0v) is 13.7. The van der Waals surface area contributed by atoms with Gasteiger partial charge in [-0.1, -0.05) is 29.8 Å². The van der Waals surface area contributed by atoms with Gasteiger partial charge in [-0.2, -0.15) is 5.10 Å². The highest BCUT2D eigenvalue weighted by molar-refractivity contribution is 7.80. The van der Waals surface area contributed by atoms with E-state index < -0.39 is 0 Å². The van der Waals surface area contributed by atoms with Crippen LogP contribution in [0.4, 0.5) is 5.69 Å². The molecule has 4 nitrogen and oxygen atoms in total. The SMILES string of the molecule is COc1cccc(NC(=S)N/N=C/c2ccc(C)cc2C)c1. The standard InChI is InChI=1S/C17H19N3OS/c1-12-7-8-14(13(2)9-12)11-18-20-17(22)19-15-5-4-6-16(10-15)21-3/h4-11H,1-3H3,(H2,19,20,22)/b18-11+. The van der Waals surface area contributed by atoms with Gasteiger partial charge in [0.1, 0.15) is 5.75 Å². The Labute approximate surface area is 136 Å². The number of aryl methyl sites for hydroxylation is 2. The van der Waals surface area contributed by atoms with Crippen molar-refractivity contribution in [3.8, 4) is 5.75 Å². The lowest BCUT2D eigenvalue weighted by Gasteiger charge is -2.08. The Morgan fingerprint density at radius 2 is 2.00 bits per heavy atom. The summed E-state index contributed by atoms with van der Waals surface area (Å²) in [4.78, 5) is 0. The number of hydrogen-bond acceptors (Lipinski definition) is 3. The molecule has 0 heterocycles. The molecule has 0 fully saturated rings. The molecule has 0 bridgehead atoms. The number of hydrazone groups is 1. The largest absolute Gasteiger partial charge is 0.497 e. The Morgan fingerprint density at radius 3 is 2.73 bits per heavy atom. The predicted molar refractivity (Wildman–Crippen MR) is 95.9 cm³/mol. The van der Waals surface area contributed by atoms with Gasteiger partial charge in [0.25, 0.3) is 0 Å². The first kappa shape index (κ1) is 16.0. The van der Waals surface area contributed by atoms with Crippen molar-refractivity contribution in [2.24, 2.45) is 5.10 Å². The Bertz CT molecular complexity index is 698. The minimum Gasteiger partial charge on any atom is -0.497 e. The number of nitrogens with one attached hydrogen (secondary N) is 2. The summed E-state index contributed by atoms with van der Waals surface area (Å²) in [6.45, 7) is 4.13. The van der Waals surface area contributed by atoms with Crippen LogP contribution in [-0.2, 0) is 0 Å². The number of thiocarbonyl (C=S) groups is 1. The highest BCUT2D eigenvalue weighted by atomic mass is 32.1. The molecule has 2 rings (SSSR count). The van der Waals surface area contributed by atoms with Crippen molar-refractivity contribution in [1.82, 2.24) is 5.43 Å². The van der Waals surface area contributed by atoms with Crippen LogP contribution in [0, 0.1) is 13.8 Å². The molecule has 22 heavy (non-hydrogen) atoms. The fraction of sp³-hybridized carbons (Fsp3) is 0.176. The minimum atomic E-state index is 0.425. The van der Waals surface area contributed by atoms with Crippen LogP contribution in [0.1, 0.15) is 16.7 Å². The van der Waals surface area contributed by atoms with Crippen LogP contribution in [0.5, 0.6) is 5.75 Å². The zero-order chi connectivity index (χ0) is 15.9. The maximum atomic E-state index is 5.21. The van der Waals surface area contributed by atoms with Gasteiger partial charge < -0.3 is 10.1 Å². The van der Waals surface area contributed by atoms with Crippen LogP contribution in [0.25, 0.3) is 0 Å². The molecule has 0 spiro atoms. The second-order valence-corrected chi connectivity index (χ2v) is 5.32. The van der Waals surface area contributed by atoms with Gasteiger partial charge in [-0.3, -0.25) is 5.43 Å². The van der Waals surface area contributed by atoms with E-state index in [1.807, 2.05) is 30.3 Å². The molecule has 0 amide bonds. The maximum absolute atomic E-state index is 5.21. The first-order valence-corrected chi connectivity index (χ1v) is 7.30. The summed E-state index contributed by atoms with van der Waals surface area (Å²) in [5.74, 6) is 0.770. The van der Waals surface area contributed by atoms with Gasteiger partial charge in [0.05, 0.1) is 13.3 Å². The average molecular weight is 313 g/mol. The normalized spacial score (nSPS) is 10.5. The summed E-state index contributed by atoms with van der Waals surface area (Å²) in [5.41, 5.74) is 7.12. The predicted octanol–water partition coefficient (Wildman–Crippen LogP) is 3.63. The fourth-order valence-corrected chi connectivity index (χ4v) is 2.16. The Kier molecular flexibility index (Phi) is 5.49. The summed E-state index contributed by atoms with van der Waals surface area (Å²) in [5, 5.41) is 7.64. The van der Waals surface area contributed by atoms with E-state index in [0.29, 0.717) is 5.11 Å². The van der Waals surface area contributed by atoms with Gasteiger partial charge in [-0.05, 0) is 49.3 Å². The molecule has 2 N–H and O–H groups in total. The van der Waals surface area contributed by atoms with E-state index in [1.165, 1.54) is 11.1 Å². The van der Waals surface area contributed by atoms with E-state index in [0.717, 1.165) is 17.0 Å². The van der Waals surface area contributed by atoms with Crippen molar-refractivity contribution >= 4 is 29.2 Å². The quantitative estimate of drug-likeness (QED) is 0.514. The molecule has 0 unspecified atom stereocenters. The van der Waals surface area contributed by atoms with Crippen molar-refractivity contribution in [3.05, 3.63) is 59.2 Å². The van der Waals surface area contributed by atoms with Crippen molar-refractivity contribution in [2.75, 3.05) is 12.4 Å². The minimum absolute atomic E-state index is 0.425. The van der Waals surface area contributed by atoms with Crippen molar-refractivity contribution < 1.29 is 4.74 Å². The molecular weight excluding hydrogens is 294 g/mol. The van der Waals surface area contributed by atoms with Crippen LogP contribution >= 0.6 is 12.2 Å². The Balaban J connectivity index is 1.93. The molecular formula is C17H19N3OS. The number of ether oxygens (including phenoxy) is 1. The van der Waals surface area contributed by atoms with Gasteiger partial charge in [-0.15, -0.1) is 0 Å². The summed E-state index contributed by atoms with van der Waals surface area (Å²) in [6.07, 6.45) is 1.76. The molecule has 0 aromatic heterocycles. The van der Waals surface area contributed by atoms with Crippen LogP contribution in [-0.4, -0.2) is 18.4 Å². The lowest BCUT2D eigenvalue weighted by Crippen LogP contribution is -2.23. The first-order chi connectivity index (χ1) is 10.6. The summed E-state index contributed by atoms with van der Waals surface area (Å²) in [6, 6.07) is 13.7. The van der Waals surface area contributed by atoms with Crippen molar-refractivity contribution in [1.29, 1.82) is 0 Å². The number of nitrogens with zero attached hydrogens (tertiary/aromatic N) is 1.